The molecule has 0 aromatic carbocycles. The Morgan fingerprint density at radius 1 is 1.24 bits per heavy atom. The molecule has 6 nitrogen and oxygen atoms in total. The molecule has 2 fully saturated rings. The standard InChI is InChI=1S/C14H19N3O3S/c18-13(11-3-1-9-20-11)16-5-7-17(8-6-16)14(19)15-12-4-2-10-21-12/h2,4,10-11H,1,3,5-9H2,(H,15,19). The van der Waals surface area contributed by atoms with E-state index in [1.165, 1.54) is 11.3 Å². The van der Waals surface area contributed by atoms with Gasteiger partial charge in [-0.2, -0.15) is 0 Å². The largest absolute Gasteiger partial charge is 0.368 e. The molecule has 0 radical (unpaired) electrons. The first-order valence-electron chi connectivity index (χ1n) is 7.24. The van der Waals surface area contributed by atoms with Crippen LogP contribution in [0.5, 0.6) is 0 Å². The average Bonchev–Trinajstić information content (AvgIpc) is 3.20. The molecular formula is C14H19N3O3S. The van der Waals surface area contributed by atoms with E-state index in [1.807, 2.05) is 22.4 Å². The van der Waals surface area contributed by atoms with Crippen LogP contribution in [-0.4, -0.2) is 60.6 Å². The van der Waals surface area contributed by atoms with Crippen LogP contribution in [0.3, 0.4) is 0 Å². The van der Waals surface area contributed by atoms with Gasteiger partial charge < -0.3 is 14.5 Å². The summed E-state index contributed by atoms with van der Waals surface area (Å²) in [6.07, 6.45) is 1.51. The van der Waals surface area contributed by atoms with Crippen molar-refractivity contribution in [2.45, 2.75) is 18.9 Å². The second-order valence-corrected chi connectivity index (χ2v) is 6.17. The number of urea groups is 1. The van der Waals surface area contributed by atoms with Gasteiger partial charge >= 0.3 is 6.03 Å². The molecule has 21 heavy (non-hydrogen) atoms. The lowest BCUT2D eigenvalue weighted by Crippen LogP contribution is -2.53. The van der Waals surface area contributed by atoms with E-state index in [1.54, 1.807) is 4.90 Å². The number of rotatable bonds is 2. The first-order chi connectivity index (χ1) is 10.2. The van der Waals surface area contributed by atoms with Crippen molar-refractivity contribution >= 4 is 28.3 Å². The number of piperazine rings is 1. The van der Waals surface area contributed by atoms with E-state index in [0.717, 1.165) is 17.8 Å². The number of hydrogen-bond donors (Lipinski definition) is 1. The molecule has 0 spiro atoms. The number of ether oxygens (including phenoxy) is 1. The summed E-state index contributed by atoms with van der Waals surface area (Å²) < 4.78 is 5.43. The smallest absolute Gasteiger partial charge is 0.322 e. The number of thiophene rings is 1. The zero-order valence-electron chi connectivity index (χ0n) is 11.8. The molecule has 1 unspecified atom stereocenters. The molecule has 3 heterocycles. The van der Waals surface area contributed by atoms with Crippen LogP contribution in [0.25, 0.3) is 0 Å². The molecule has 0 aliphatic carbocycles. The van der Waals surface area contributed by atoms with Crippen LogP contribution in [-0.2, 0) is 9.53 Å². The summed E-state index contributed by atoms with van der Waals surface area (Å²) in [4.78, 5) is 27.9. The van der Waals surface area contributed by atoms with E-state index < -0.39 is 0 Å². The topological polar surface area (TPSA) is 61.9 Å². The first kappa shape index (κ1) is 14.3. The molecule has 2 aliphatic rings. The van der Waals surface area contributed by atoms with E-state index in [4.69, 9.17) is 4.74 Å². The van der Waals surface area contributed by atoms with Gasteiger partial charge in [0.2, 0.25) is 0 Å². The lowest BCUT2D eigenvalue weighted by molar-refractivity contribution is -0.142. The molecule has 0 bridgehead atoms. The molecule has 3 rings (SSSR count). The second kappa shape index (κ2) is 6.44. The van der Waals surface area contributed by atoms with Gasteiger partial charge in [0.05, 0.1) is 5.00 Å². The normalized spacial score (nSPS) is 22.4. The Labute approximate surface area is 127 Å². The SMILES string of the molecule is O=C(Nc1cccs1)N1CCN(C(=O)C2CCCO2)CC1. The Morgan fingerprint density at radius 3 is 2.62 bits per heavy atom. The van der Waals surface area contributed by atoms with Crippen molar-refractivity contribution in [3.8, 4) is 0 Å². The Kier molecular flexibility index (Phi) is 4.40. The molecule has 2 saturated heterocycles. The summed E-state index contributed by atoms with van der Waals surface area (Å²) in [6, 6.07) is 3.68. The summed E-state index contributed by atoms with van der Waals surface area (Å²) in [5.41, 5.74) is 0. The third-order valence-corrected chi connectivity index (χ3v) is 4.62. The number of hydrogen-bond acceptors (Lipinski definition) is 4. The molecule has 2 aliphatic heterocycles. The predicted octanol–water partition coefficient (Wildman–Crippen LogP) is 1.60. The third kappa shape index (κ3) is 3.36. The van der Waals surface area contributed by atoms with Crippen molar-refractivity contribution in [2.24, 2.45) is 0 Å². The maximum Gasteiger partial charge on any atom is 0.322 e. The highest BCUT2D eigenvalue weighted by atomic mass is 32.1. The second-order valence-electron chi connectivity index (χ2n) is 5.22. The number of nitrogens with zero attached hydrogens (tertiary/aromatic N) is 2. The van der Waals surface area contributed by atoms with E-state index >= 15 is 0 Å². The van der Waals surface area contributed by atoms with Crippen molar-refractivity contribution in [3.05, 3.63) is 17.5 Å². The zero-order valence-corrected chi connectivity index (χ0v) is 12.6. The lowest BCUT2D eigenvalue weighted by Gasteiger charge is -2.35. The van der Waals surface area contributed by atoms with Crippen molar-refractivity contribution in [3.63, 3.8) is 0 Å². The number of carbonyl (C=O) groups excluding carboxylic acids is 2. The number of carbonyl (C=O) groups is 2. The van der Waals surface area contributed by atoms with Gasteiger partial charge in [-0.1, -0.05) is 0 Å². The summed E-state index contributed by atoms with van der Waals surface area (Å²) in [6.45, 7) is 2.97. The van der Waals surface area contributed by atoms with Crippen molar-refractivity contribution in [1.82, 2.24) is 9.80 Å². The van der Waals surface area contributed by atoms with Crippen molar-refractivity contribution in [1.29, 1.82) is 0 Å². The van der Waals surface area contributed by atoms with Gasteiger partial charge in [0.15, 0.2) is 0 Å². The Hall–Kier alpha value is -1.60. The van der Waals surface area contributed by atoms with Gasteiger partial charge in [-0.3, -0.25) is 10.1 Å². The summed E-state index contributed by atoms with van der Waals surface area (Å²) in [5.74, 6) is 0.0748. The predicted molar refractivity (Wildman–Crippen MR) is 80.5 cm³/mol. The molecule has 3 amide bonds. The molecule has 1 N–H and O–H groups in total. The van der Waals surface area contributed by atoms with Crippen molar-refractivity contribution < 1.29 is 14.3 Å². The van der Waals surface area contributed by atoms with Crippen LogP contribution in [0.1, 0.15) is 12.8 Å². The minimum Gasteiger partial charge on any atom is -0.368 e. The van der Waals surface area contributed by atoms with E-state index in [2.05, 4.69) is 5.32 Å². The van der Waals surface area contributed by atoms with Gasteiger partial charge in [0.25, 0.3) is 5.91 Å². The van der Waals surface area contributed by atoms with Crippen LogP contribution >= 0.6 is 11.3 Å². The molecule has 7 heteroatoms. The molecular weight excluding hydrogens is 290 g/mol. The van der Waals surface area contributed by atoms with Gasteiger partial charge in [0.1, 0.15) is 6.10 Å². The highest BCUT2D eigenvalue weighted by molar-refractivity contribution is 7.14. The zero-order chi connectivity index (χ0) is 14.7. The lowest BCUT2D eigenvalue weighted by atomic mass is 10.2. The molecule has 1 aromatic rings. The maximum absolute atomic E-state index is 12.2. The minimum absolute atomic E-state index is 0.0748. The summed E-state index contributed by atoms with van der Waals surface area (Å²) in [7, 11) is 0. The van der Waals surface area contributed by atoms with E-state index in [-0.39, 0.29) is 18.0 Å². The third-order valence-electron chi connectivity index (χ3n) is 3.83. The van der Waals surface area contributed by atoms with Gasteiger partial charge in [-0.05, 0) is 30.4 Å². The van der Waals surface area contributed by atoms with E-state index in [0.29, 0.717) is 32.8 Å². The van der Waals surface area contributed by atoms with E-state index in [9.17, 15) is 9.59 Å². The monoisotopic (exact) mass is 309 g/mol. The molecule has 0 saturated carbocycles. The highest BCUT2D eigenvalue weighted by Gasteiger charge is 2.31. The van der Waals surface area contributed by atoms with Crippen LogP contribution in [0, 0.1) is 0 Å². The maximum atomic E-state index is 12.2. The Bertz CT molecular complexity index is 492. The van der Waals surface area contributed by atoms with Gasteiger partial charge in [-0.25, -0.2) is 4.79 Å². The Balaban J connectivity index is 1.48. The van der Waals surface area contributed by atoms with Crippen molar-refractivity contribution in [2.75, 3.05) is 38.1 Å². The quantitative estimate of drug-likeness (QED) is 0.902. The fourth-order valence-corrected chi connectivity index (χ4v) is 3.25. The van der Waals surface area contributed by atoms with Crippen LogP contribution in [0.2, 0.25) is 0 Å². The van der Waals surface area contributed by atoms with Gasteiger partial charge in [-0.15, -0.1) is 11.3 Å². The number of anilines is 1. The van der Waals surface area contributed by atoms with Gasteiger partial charge in [0, 0.05) is 32.8 Å². The van der Waals surface area contributed by atoms with Crippen LogP contribution < -0.4 is 5.32 Å². The Morgan fingerprint density at radius 2 is 2.00 bits per heavy atom. The highest BCUT2D eigenvalue weighted by Crippen LogP contribution is 2.18. The first-order valence-corrected chi connectivity index (χ1v) is 8.12. The minimum atomic E-state index is -0.267. The summed E-state index contributed by atoms with van der Waals surface area (Å²) >= 11 is 1.50. The van der Waals surface area contributed by atoms with Crippen LogP contribution in [0.4, 0.5) is 9.80 Å². The molecule has 1 aromatic heterocycles. The summed E-state index contributed by atoms with van der Waals surface area (Å²) in [5, 5.41) is 5.64. The fourth-order valence-electron chi connectivity index (χ4n) is 2.64. The molecule has 1 atom stereocenters. The fraction of sp³-hybridized carbons (Fsp3) is 0.571. The molecule has 114 valence electrons. The van der Waals surface area contributed by atoms with Crippen LogP contribution in [0.15, 0.2) is 17.5 Å². The number of nitrogens with one attached hydrogen (secondary N) is 1. The average molecular weight is 309 g/mol. The number of amides is 3.